The lowest BCUT2D eigenvalue weighted by Crippen LogP contribution is -2.34. The molecule has 1 saturated carbocycles. The lowest BCUT2D eigenvalue weighted by atomic mass is 10.3. The van der Waals surface area contributed by atoms with Crippen molar-refractivity contribution in [3.8, 4) is 0 Å². The summed E-state index contributed by atoms with van der Waals surface area (Å²) in [6.07, 6.45) is 2.66. The van der Waals surface area contributed by atoms with E-state index in [1.54, 1.807) is 33.8 Å². The van der Waals surface area contributed by atoms with Gasteiger partial charge in [0.15, 0.2) is 0 Å². The summed E-state index contributed by atoms with van der Waals surface area (Å²) in [6, 6.07) is 10.7. The molecular formula is C15H16ClNO2S2. The molecular weight excluding hydrogens is 326 g/mol. The molecule has 0 atom stereocenters. The monoisotopic (exact) mass is 341 g/mol. The van der Waals surface area contributed by atoms with E-state index in [-0.39, 0.29) is 10.9 Å². The smallest absolute Gasteiger partial charge is 0.207 e. The number of hydrogen-bond donors (Lipinski definition) is 0. The number of benzene rings is 1. The SMILES string of the molecule is O=S(=O)(c1cccc(Cl)c1)N(CCc1cccs1)C1CC1. The van der Waals surface area contributed by atoms with E-state index in [9.17, 15) is 8.42 Å². The van der Waals surface area contributed by atoms with E-state index in [0.29, 0.717) is 11.6 Å². The van der Waals surface area contributed by atoms with Gasteiger partial charge in [0, 0.05) is 22.5 Å². The second-order valence-electron chi connectivity index (χ2n) is 5.13. The van der Waals surface area contributed by atoms with E-state index in [2.05, 4.69) is 0 Å². The predicted molar refractivity (Wildman–Crippen MR) is 86.4 cm³/mol. The summed E-state index contributed by atoms with van der Waals surface area (Å²) < 4.78 is 27.2. The molecule has 0 saturated heterocycles. The molecule has 1 aliphatic rings. The van der Waals surface area contributed by atoms with Gasteiger partial charge in [-0.15, -0.1) is 11.3 Å². The Morgan fingerprint density at radius 1 is 1.24 bits per heavy atom. The summed E-state index contributed by atoms with van der Waals surface area (Å²) in [5.41, 5.74) is 0. The van der Waals surface area contributed by atoms with Crippen LogP contribution >= 0.6 is 22.9 Å². The number of sulfonamides is 1. The Morgan fingerprint density at radius 2 is 2.05 bits per heavy atom. The molecule has 3 nitrogen and oxygen atoms in total. The Kier molecular flexibility index (Phi) is 4.36. The third-order valence-corrected chi connectivity index (χ3v) is 6.63. The maximum Gasteiger partial charge on any atom is 0.243 e. The number of nitrogens with zero attached hydrogens (tertiary/aromatic N) is 1. The first-order valence-corrected chi connectivity index (χ1v) is 9.57. The van der Waals surface area contributed by atoms with Crippen LogP contribution in [0.1, 0.15) is 17.7 Å². The highest BCUT2D eigenvalue weighted by molar-refractivity contribution is 7.89. The van der Waals surface area contributed by atoms with Crippen LogP contribution in [0.4, 0.5) is 0 Å². The average molecular weight is 342 g/mol. The highest BCUT2D eigenvalue weighted by Gasteiger charge is 2.37. The van der Waals surface area contributed by atoms with Crippen molar-refractivity contribution in [2.75, 3.05) is 6.54 Å². The highest BCUT2D eigenvalue weighted by Crippen LogP contribution is 2.33. The largest absolute Gasteiger partial charge is 0.243 e. The normalized spacial score (nSPS) is 15.5. The van der Waals surface area contributed by atoms with E-state index in [1.807, 2.05) is 17.5 Å². The summed E-state index contributed by atoms with van der Waals surface area (Å²) in [4.78, 5) is 1.50. The van der Waals surface area contributed by atoms with Gasteiger partial charge in [0.1, 0.15) is 0 Å². The second-order valence-corrected chi connectivity index (χ2v) is 8.49. The van der Waals surface area contributed by atoms with E-state index < -0.39 is 10.0 Å². The minimum absolute atomic E-state index is 0.147. The number of hydrogen-bond acceptors (Lipinski definition) is 3. The van der Waals surface area contributed by atoms with Gasteiger partial charge in [0.25, 0.3) is 0 Å². The number of thiophene rings is 1. The zero-order chi connectivity index (χ0) is 14.9. The van der Waals surface area contributed by atoms with Gasteiger partial charge in [0.2, 0.25) is 10.0 Å². The van der Waals surface area contributed by atoms with Gasteiger partial charge in [-0.3, -0.25) is 0 Å². The van der Waals surface area contributed by atoms with E-state index >= 15 is 0 Å². The first kappa shape index (κ1) is 15.0. The van der Waals surface area contributed by atoms with E-state index in [4.69, 9.17) is 11.6 Å². The quantitative estimate of drug-likeness (QED) is 0.801. The van der Waals surface area contributed by atoms with Crippen LogP contribution in [-0.4, -0.2) is 25.3 Å². The molecule has 0 N–H and O–H groups in total. The molecule has 1 heterocycles. The first-order chi connectivity index (χ1) is 10.1. The van der Waals surface area contributed by atoms with Crippen molar-refractivity contribution in [1.82, 2.24) is 4.31 Å². The van der Waals surface area contributed by atoms with Gasteiger partial charge in [-0.2, -0.15) is 4.31 Å². The van der Waals surface area contributed by atoms with Crippen molar-refractivity contribution in [2.45, 2.75) is 30.2 Å². The Bertz CT molecular complexity index is 709. The molecule has 3 rings (SSSR count). The van der Waals surface area contributed by atoms with Crippen molar-refractivity contribution >= 4 is 33.0 Å². The van der Waals surface area contributed by atoms with Crippen LogP contribution in [0.5, 0.6) is 0 Å². The van der Waals surface area contributed by atoms with Crippen molar-refractivity contribution in [3.63, 3.8) is 0 Å². The molecule has 0 radical (unpaired) electrons. The van der Waals surface area contributed by atoms with E-state index in [0.717, 1.165) is 19.3 Å². The summed E-state index contributed by atoms with van der Waals surface area (Å²) in [5, 5.41) is 2.47. The van der Waals surface area contributed by atoms with Crippen LogP contribution in [0, 0.1) is 0 Å². The maximum absolute atomic E-state index is 12.8. The molecule has 1 aromatic carbocycles. The van der Waals surface area contributed by atoms with Crippen molar-refractivity contribution in [3.05, 3.63) is 51.7 Å². The third kappa shape index (κ3) is 3.48. The average Bonchev–Trinajstić information content (AvgIpc) is 3.14. The predicted octanol–water partition coefficient (Wildman–Crippen LogP) is 3.80. The minimum atomic E-state index is -3.46. The lowest BCUT2D eigenvalue weighted by molar-refractivity contribution is 0.408. The number of rotatable bonds is 6. The third-order valence-electron chi connectivity index (χ3n) is 3.52. The van der Waals surface area contributed by atoms with Gasteiger partial charge in [-0.1, -0.05) is 23.7 Å². The van der Waals surface area contributed by atoms with E-state index in [1.165, 1.54) is 10.9 Å². The molecule has 1 aromatic heterocycles. The van der Waals surface area contributed by atoms with Crippen LogP contribution < -0.4 is 0 Å². The summed E-state index contributed by atoms with van der Waals surface area (Å²) in [7, 11) is -3.46. The Morgan fingerprint density at radius 3 is 2.67 bits per heavy atom. The Balaban J connectivity index is 1.82. The second kappa shape index (κ2) is 6.08. The minimum Gasteiger partial charge on any atom is -0.207 e. The Labute approximate surface area is 134 Å². The van der Waals surface area contributed by atoms with Crippen molar-refractivity contribution in [1.29, 1.82) is 0 Å². The summed E-state index contributed by atoms with van der Waals surface area (Å²) >= 11 is 7.59. The first-order valence-electron chi connectivity index (χ1n) is 6.87. The van der Waals surface area contributed by atoms with Crippen LogP contribution in [0.15, 0.2) is 46.7 Å². The molecule has 0 bridgehead atoms. The van der Waals surface area contributed by atoms with Crippen LogP contribution in [0.2, 0.25) is 5.02 Å². The van der Waals surface area contributed by atoms with Gasteiger partial charge in [-0.05, 0) is 48.9 Å². The molecule has 0 unspecified atom stereocenters. The molecule has 1 aliphatic carbocycles. The molecule has 112 valence electrons. The zero-order valence-corrected chi connectivity index (χ0v) is 13.8. The summed E-state index contributed by atoms with van der Waals surface area (Å²) in [5.74, 6) is 0. The van der Waals surface area contributed by atoms with Gasteiger partial charge < -0.3 is 0 Å². The molecule has 2 aromatic rings. The molecule has 6 heteroatoms. The fraction of sp³-hybridized carbons (Fsp3) is 0.333. The standard InChI is InChI=1S/C15H16ClNO2S2/c16-12-3-1-5-15(11-12)21(18,19)17(13-6-7-13)9-8-14-4-2-10-20-14/h1-5,10-11,13H,6-9H2. The van der Waals surface area contributed by atoms with Gasteiger partial charge in [0.05, 0.1) is 4.90 Å². The maximum atomic E-state index is 12.8. The van der Waals surface area contributed by atoms with Crippen LogP contribution in [0.3, 0.4) is 0 Å². The molecule has 0 spiro atoms. The van der Waals surface area contributed by atoms with Crippen LogP contribution in [0.25, 0.3) is 0 Å². The Hall–Kier alpha value is -0.880. The van der Waals surface area contributed by atoms with Gasteiger partial charge >= 0.3 is 0 Å². The summed E-state index contributed by atoms with van der Waals surface area (Å²) in [6.45, 7) is 0.528. The van der Waals surface area contributed by atoms with Crippen molar-refractivity contribution in [2.24, 2.45) is 0 Å². The molecule has 0 amide bonds. The van der Waals surface area contributed by atoms with Crippen LogP contribution in [-0.2, 0) is 16.4 Å². The van der Waals surface area contributed by atoms with Crippen molar-refractivity contribution < 1.29 is 8.42 Å². The highest BCUT2D eigenvalue weighted by atomic mass is 35.5. The lowest BCUT2D eigenvalue weighted by Gasteiger charge is -2.21. The fourth-order valence-corrected chi connectivity index (χ4v) is 4.98. The fourth-order valence-electron chi connectivity index (χ4n) is 2.30. The zero-order valence-electron chi connectivity index (χ0n) is 11.4. The molecule has 1 fully saturated rings. The van der Waals surface area contributed by atoms with Gasteiger partial charge in [-0.25, -0.2) is 8.42 Å². The molecule has 21 heavy (non-hydrogen) atoms. The number of halogens is 1. The molecule has 0 aliphatic heterocycles. The topological polar surface area (TPSA) is 37.4 Å².